The zero-order chi connectivity index (χ0) is 14.0. The lowest BCUT2D eigenvalue weighted by atomic mass is 9.95. The summed E-state index contributed by atoms with van der Waals surface area (Å²) in [5.74, 6) is -0.328. The van der Waals surface area contributed by atoms with Gasteiger partial charge in [0.25, 0.3) is 0 Å². The standard InChI is InChI=1S/C14H20ClFN2O/c1-14(2)9-19-6-5-18(14)13(8-17)11-4-3-10(16)7-12(11)15/h3-4,7,13H,5-6,8-9,17H2,1-2H3. The van der Waals surface area contributed by atoms with Crippen LogP contribution in [0.4, 0.5) is 4.39 Å². The minimum atomic E-state index is -0.328. The van der Waals surface area contributed by atoms with Crippen molar-refractivity contribution >= 4 is 11.6 Å². The summed E-state index contributed by atoms with van der Waals surface area (Å²) in [7, 11) is 0. The van der Waals surface area contributed by atoms with Crippen molar-refractivity contribution in [3.05, 3.63) is 34.6 Å². The number of ether oxygens (including phenoxy) is 1. The van der Waals surface area contributed by atoms with Gasteiger partial charge in [0.1, 0.15) is 5.82 Å². The van der Waals surface area contributed by atoms with Gasteiger partial charge in [0.05, 0.1) is 13.2 Å². The predicted octanol–water partition coefficient (Wildman–Crippen LogP) is 2.59. The van der Waals surface area contributed by atoms with Gasteiger partial charge in [-0.3, -0.25) is 4.90 Å². The fraction of sp³-hybridized carbons (Fsp3) is 0.571. The number of hydrogen-bond acceptors (Lipinski definition) is 3. The first-order chi connectivity index (χ1) is 8.95. The van der Waals surface area contributed by atoms with Crippen molar-refractivity contribution in [2.45, 2.75) is 25.4 Å². The number of morpholine rings is 1. The highest BCUT2D eigenvalue weighted by molar-refractivity contribution is 6.31. The molecule has 0 aliphatic carbocycles. The molecule has 1 aromatic carbocycles. The summed E-state index contributed by atoms with van der Waals surface area (Å²) in [4.78, 5) is 2.29. The third kappa shape index (κ3) is 3.08. The molecule has 2 N–H and O–H groups in total. The smallest absolute Gasteiger partial charge is 0.124 e. The van der Waals surface area contributed by atoms with Crippen LogP contribution in [0.5, 0.6) is 0 Å². The van der Waals surface area contributed by atoms with E-state index >= 15 is 0 Å². The molecule has 19 heavy (non-hydrogen) atoms. The lowest BCUT2D eigenvalue weighted by Gasteiger charge is -2.46. The summed E-state index contributed by atoms with van der Waals surface area (Å²) < 4.78 is 18.7. The largest absolute Gasteiger partial charge is 0.378 e. The average molecular weight is 287 g/mol. The Bertz CT molecular complexity index is 453. The summed E-state index contributed by atoms with van der Waals surface area (Å²) >= 11 is 6.16. The molecule has 0 saturated carbocycles. The predicted molar refractivity (Wildman–Crippen MR) is 74.8 cm³/mol. The molecule has 1 aromatic rings. The van der Waals surface area contributed by atoms with Gasteiger partial charge in [0.15, 0.2) is 0 Å². The van der Waals surface area contributed by atoms with Crippen molar-refractivity contribution in [3.8, 4) is 0 Å². The zero-order valence-electron chi connectivity index (χ0n) is 11.3. The van der Waals surface area contributed by atoms with E-state index in [1.807, 2.05) is 0 Å². The molecule has 1 fully saturated rings. The molecule has 0 aromatic heterocycles. The van der Waals surface area contributed by atoms with Gasteiger partial charge in [-0.15, -0.1) is 0 Å². The minimum Gasteiger partial charge on any atom is -0.378 e. The molecule has 0 spiro atoms. The van der Waals surface area contributed by atoms with Crippen molar-refractivity contribution < 1.29 is 9.13 Å². The van der Waals surface area contributed by atoms with Gasteiger partial charge in [-0.25, -0.2) is 4.39 Å². The fourth-order valence-corrected chi connectivity index (χ4v) is 2.94. The van der Waals surface area contributed by atoms with Crippen molar-refractivity contribution in [2.75, 3.05) is 26.3 Å². The monoisotopic (exact) mass is 286 g/mol. The first-order valence-corrected chi connectivity index (χ1v) is 6.83. The van der Waals surface area contributed by atoms with Gasteiger partial charge in [0, 0.05) is 29.7 Å². The van der Waals surface area contributed by atoms with Gasteiger partial charge >= 0.3 is 0 Å². The summed E-state index contributed by atoms with van der Waals surface area (Å²) in [6.07, 6.45) is 0. The summed E-state index contributed by atoms with van der Waals surface area (Å²) in [6.45, 7) is 6.80. The van der Waals surface area contributed by atoms with E-state index in [0.29, 0.717) is 24.8 Å². The van der Waals surface area contributed by atoms with Crippen LogP contribution in [0.2, 0.25) is 5.02 Å². The van der Waals surface area contributed by atoms with E-state index < -0.39 is 0 Å². The van der Waals surface area contributed by atoms with Crippen molar-refractivity contribution in [1.82, 2.24) is 4.90 Å². The second-order valence-corrected chi connectivity index (χ2v) is 5.88. The highest BCUT2D eigenvalue weighted by Crippen LogP contribution is 2.33. The molecule has 1 aliphatic rings. The molecular weight excluding hydrogens is 267 g/mol. The molecule has 1 atom stereocenters. The van der Waals surface area contributed by atoms with Gasteiger partial charge in [0.2, 0.25) is 0 Å². The van der Waals surface area contributed by atoms with Crippen molar-refractivity contribution in [3.63, 3.8) is 0 Å². The summed E-state index contributed by atoms with van der Waals surface area (Å²) in [5, 5.41) is 0.428. The van der Waals surface area contributed by atoms with Crippen LogP contribution >= 0.6 is 11.6 Å². The van der Waals surface area contributed by atoms with Crippen LogP contribution in [0.15, 0.2) is 18.2 Å². The quantitative estimate of drug-likeness (QED) is 0.928. The maximum atomic E-state index is 13.2. The topological polar surface area (TPSA) is 38.5 Å². The number of nitrogens with two attached hydrogens (primary N) is 1. The minimum absolute atomic E-state index is 0.0213. The van der Waals surface area contributed by atoms with E-state index in [2.05, 4.69) is 18.7 Å². The number of halogens is 2. The van der Waals surface area contributed by atoms with Gasteiger partial charge < -0.3 is 10.5 Å². The average Bonchev–Trinajstić information content (AvgIpc) is 2.34. The molecule has 0 bridgehead atoms. The van der Waals surface area contributed by atoms with Gasteiger partial charge in [-0.05, 0) is 31.5 Å². The normalized spacial score (nSPS) is 21.3. The molecule has 1 heterocycles. The van der Waals surface area contributed by atoms with Crippen LogP contribution in [-0.2, 0) is 4.74 Å². The Kier molecular flexibility index (Phi) is 4.46. The number of benzene rings is 1. The van der Waals surface area contributed by atoms with Gasteiger partial charge in [-0.1, -0.05) is 17.7 Å². The Morgan fingerprint density at radius 1 is 1.53 bits per heavy atom. The first-order valence-electron chi connectivity index (χ1n) is 6.45. The third-order valence-electron chi connectivity index (χ3n) is 3.63. The Morgan fingerprint density at radius 3 is 2.84 bits per heavy atom. The SMILES string of the molecule is CC1(C)COCCN1C(CN)c1ccc(F)cc1Cl. The van der Waals surface area contributed by atoms with Crippen LogP contribution in [-0.4, -0.2) is 36.7 Å². The maximum Gasteiger partial charge on any atom is 0.124 e. The summed E-state index contributed by atoms with van der Waals surface area (Å²) in [6, 6.07) is 4.47. The van der Waals surface area contributed by atoms with Crippen LogP contribution in [0.25, 0.3) is 0 Å². The molecule has 0 amide bonds. The number of nitrogens with zero attached hydrogens (tertiary/aromatic N) is 1. The molecule has 1 aliphatic heterocycles. The Hall–Kier alpha value is -0.680. The fourth-order valence-electron chi connectivity index (χ4n) is 2.64. The van der Waals surface area contributed by atoms with E-state index in [9.17, 15) is 4.39 Å². The molecule has 2 rings (SSSR count). The third-order valence-corrected chi connectivity index (χ3v) is 3.96. The van der Waals surface area contributed by atoms with E-state index in [-0.39, 0.29) is 17.4 Å². The Morgan fingerprint density at radius 2 is 2.26 bits per heavy atom. The Balaban J connectivity index is 2.33. The molecule has 3 nitrogen and oxygen atoms in total. The van der Waals surface area contributed by atoms with Crippen LogP contribution in [0, 0.1) is 5.82 Å². The van der Waals surface area contributed by atoms with Crippen LogP contribution in [0.3, 0.4) is 0 Å². The van der Waals surface area contributed by atoms with E-state index in [1.165, 1.54) is 12.1 Å². The van der Waals surface area contributed by atoms with E-state index in [1.54, 1.807) is 6.07 Å². The van der Waals surface area contributed by atoms with Crippen LogP contribution in [0.1, 0.15) is 25.5 Å². The molecular formula is C14H20ClFN2O. The molecule has 1 unspecified atom stereocenters. The lowest BCUT2D eigenvalue weighted by molar-refractivity contribution is -0.0712. The second kappa shape index (κ2) is 5.75. The molecule has 106 valence electrons. The summed E-state index contributed by atoms with van der Waals surface area (Å²) in [5.41, 5.74) is 6.69. The molecule has 0 radical (unpaired) electrons. The maximum absolute atomic E-state index is 13.2. The van der Waals surface area contributed by atoms with Gasteiger partial charge in [-0.2, -0.15) is 0 Å². The van der Waals surface area contributed by atoms with E-state index in [0.717, 1.165) is 12.1 Å². The second-order valence-electron chi connectivity index (χ2n) is 5.48. The molecule has 5 heteroatoms. The number of rotatable bonds is 3. The Labute approximate surface area is 118 Å². The highest BCUT2D eigenvalue weighted by atomic mass is 35.5. The lowest BCUT2D eigenvalue weighted by Crippen LogP contribution is -2.55. The van der Waals surface area contributed by atoms with Crippen molar-refractivity contribution in [1.29, 1.82) is 0 Å². The van der Waals surface area contributed by atoms with Crippen LogP contribution < -0.4 is 5.73 Å². The first kappa shape index (κ1) is 14.7. The van der Waals surface area contributed by atoms with Crippen molar-refractivity contribution in [2.24, 2.45) is 5.73 Å². The zero-order valence-corrected chi connectivity index (χ0v) is 12.1. The number of hydrogen-bond donors (Lipinski definition) is 1. The molecule has 1 saturated heterocycles. The van der Waals surface area contributed by atoms with E-state index in [4.69, 9.17) is 22.1 Å². The highest BCUT2D eigenvalue weighted by Gasteiger charge is 2.36.